The highest BCUT2D eigenvalue weighted by Crippen LogP contribution is 2.59. The lowest BCUT2D eigenvalue weighted by Crippen LogP contribution is -2.41. The number of nitrogens with zero attached hydrogens (tertiary/aromatic N) is 2. The van der Waals surface area contributed by atoms with Crippen molar-refractivity contribution in [2.45, 2.75) is 232 Å². The Labute approximate surface area is 756 Å². The molecule has 6 aliphatic heterocycles. The van der Waals surface area contributed by atoms with Crippen LogP contribution in [0.2, 0.25) is 0 Å². The first kappa shape index (κ1) is 128. The summed E-state index contributed by atoms with van der Waals surface area (Å²) in [5, 5.41) is 22.6. The topological polar surface area (TPSA) is 616 Å². The summed E-state index contributed by atoms with van der Waals surface area (Å²) in [7, 11) is 17.4. The van der Waals surface area contributed by atoms with Gasteiger partial charge in [0.1, 0.15) is 147 Å². The lowest BCUT2D eigenvalue weighted by molar-refractivity contribution is -0.131. The largest absolute Gasteiger partial charge is 0.396 e. The van der Waals surface area contributed by atoms with Gasteiger partial charge in [-0.2, -0.15) is 26.3 Å². The third-order valence-electron chi connectivity index (χ3n) is 19.3. The second-order valence-electron chi connectivity index (χ2n) is 29.8. The van der Waals surface area contributed by atoms with Crippen molar-refractivity contribution in [2.24, 2.45) is 0 Å². The average Bonchev–Trinajstić information content (AvgIpc) is 1.72. The van der Waals surface area contributed by atoms with E-state index in [4.69, 9.17) is 201 Å². The second-order valence-corrected chi connectivity index (χ2v) is 40.2. The van der Waals surface area contributed by atoms with Crippen LogP contribution in [-0.4, -0.2) is 481 Å². The summed E-state index contributed by atoms with van der Waals surface area (Å²) in [6.45, 7) is -0.417. The highest BCUT2D eigenvalue weighted by molar-refractivity contribution is 7.54. The normalized spacial score (nSPS) is 30.4. The first-order valence-electron chi connectivity index (χ1n) is 39.2. The van der Waals surface area contributed by atoms with E-state index in [1.54, 1.807) is 0 Å². The summed E-state index contributed by atoms with van der Waals surface area (Å²) in [4.78, 5) is 132. The van der Waals surface area contributed by atoms with Crippen molar-refractivity contribution in [3.63, 3.8) is 0 Å². The van der Waals surface area contributed by atoms with Crippen molar-refractivity contribution in [2.75, 3.05) is 163 Å². The molecule has 0 saturated carbocycles. The Balaban J connectivity index is 0.000000789. The van der Waals surface area contributed by atoms with Gasteiger partial charge in [-0.05, 0) is 41.0 Å². The SMILES string of the molecule is [B][C@@H]1O[C@H](CC(F)(F)P(=O)(O)O)[C@@H](OC)[C@H]1OCC(=O)NCCN(C)C.[B][C@@H]1O[C@H](CC(F)(F)P(=O)(O)O)[C@@H](OC)[C@H]1OCCCO.[B][C@@H]1O[C@H](CC(F)(F)P(=O)(O)O)[C@@H](OC)[C@H]1OCCF.[B][C@@H]1O[C@H](CC(F)P(=O)(O)O)[C@@H](OC)[C@H]1OCC(=O)NCCN(C)C.[B][C@@H]1O[C@H](CC(F)P(=O)(O)O)[C@@H](OC)[C@H]1OCCCO.[B][C@@H]1O[C@H](CC(F)P(=O)(O)O)[C@@H](OC)[C@H]1OCCF. The number of aliphatic hydroxyl groups excluding tert-OH is 2. The van der Waals surface area contributed by atoms with Crippen LogP contribution in [0.1, 0.15) is 51.4 Å². The van der Waals surface area contributed by atoms with Crippen molar-refractivity contribution in [1.29, 1.82) is 0 Å². The van der Waals surface area contributed by atoms with E-state index >= 15 is 0 Å². The first-order chi connectivity index (χ1) is 60.3. The number of nitrogens with one attached hydrogen (secondary N) is 2. The number of carbonyl (C=O) groups excluding carboxylic acids is 2. The molecule has 67 heteroatoms. The van der Waals surface area contributed by atoms with Crippen LogP contribution >= 0.6 is 45.6 Å². The number of hydrogen-bond acceptors (Lipinski definition) is 30. The van der Waals surface area contributed by atoms with Gasteiger partial charge in [0, 0.05) is 151 Å². The Morgan fingerprint density at radius 2 is 0.557 bits per heavy atom. The van der Waals surface area contributed by atoms with E-state index in [-0.39, 0.29) is 52.2 Å². The zero-order valence-electron chi connectivity index (χ0n) is 72.7. The molecule has 6 heterocycles. The van der Waals surface area contributed by atoms with Crippen LogP contribution in [0.3, 0.4) is 0 Å². The van der Waals surface area contributed by atoms with Gasteiger partial charge in [0.2, 0.25) is 29.6 Å². The molecule has 6 aliphatic rings. The Bertz CT molecular complexity index is 3560. The standard InChI is InChI=1S/C13H24BF2N2O7P.C13H25BFN2O7P.C10H18BF2O7P.C10H19BFO7P.C9H15BF3O6P.C9H16BF2O6P/c1-18(2)5-4-17-9(19)7-24-11-10(23-3)8(25-12(11)14)6-13(15,16)26(20,21)22;1-17(2)5-4-16-10(18)7-23-12-11(22-3)8(24-13(12)14)6-9(15)25(19,20)21;1-18-7-6(5-10(12,13)21(15,16)17)20-9(11)8(7)19-4-2-3-14;1-17-8-6(5-7(12)20(14,15)16)19-10(11)9(8)18-4-2-3-13;1-17-6-5(4-9(12,13)20(14,15)16)19-8(10)7(6)18-3-2-11;1-16-7-5(4-6(12)19(13,14)15)18-9(10)8(7)17-3-2-11/h8,10-12H,4-7H2,1-3H3,(H,17,19)(H2,20,21,22);8-9,11-13H,4-7H2,1-3H3,(H,16,18)(H2,19,20,21);6-9,14H,2-5H2,1H3,(H2,15,16,17);6-10,13H,2-5H2,1H3,(H2,14,15,16);5-8H,2-4H2,1H3,(H2,14,15,16);5-9H,2-4H2,1H3,(H2,13,14,15)/t8-,10-,11-,12-;8-,9?,11-,12-,13-;6-,7-,8-,9-;6-,7?,8-,9-,10-;5-,6-,7-,8-;5-,6?,7-,8-,9-/m111111/s1. The maximum absolute atomic E-state index is 13.6. The molecule has 16 N–H and O–H groups in total. The van der Waals surface area contributed by atoms with Crippen LogP contribution in [0.5, 0.6) is 0 Å². The Morgan fingerprint density at radius 1 is 0.359 bits per heavy atom. The van der Waals surface area contributed by atoms with Gasteiger partial charge in [-0.25, -0.2) is 22.0 Å². The van der Waals surface area contributed by atoms with E-state index in [9.17, 15) is 85.3 Å². The fraction of sp³-hybridized carbons (Fsp3) is 0.969. The van der Waals surface area contributed by atoms with E-state index in [1.165, 1.54) is 42.7 Å². The molecule has 0 spiro atoms. The molecule has 0 bridgehead atoms. The van der Waals surface area contributed by atoms with Crippen LogP contribution < -0.4 is 10.6 Å². The molecular weight excluding hydrogens is 1920 g/mol. The minimum atomic E-state index is -5.67. The number of rotatable bonds is 50. The van der Waals surface area contributed by atoms with Crippen molar-refractivity contribution >= 4 is 104 Å². The number of likely N-dealkylation sites (N-methyl/N-ethyl adjacent to an activating group) is 2. The number of hydrogen-bond donors (Lipinski definition) is 16. The van der Waals surface area contributed by atoms with Crippen molar-refractivity contribution in [1.82, 2.24) is 20.4 Å². The average molecular weight is 2040 g/mol. The third kappa shape index (κ3) is 43.1. The molecule has 2 amide bonds. The van der Waals surface area contributed by atoms with E-state index in [1.807, 2.05) is 38.0 Å². The van der Waals surface area contributed by atoms with Gasteiger partial charge >= 0.3 is 62.6 Å². The van der Waals surface area contributed by atoms with Crippen molar-refractivity contribution < 1.29 is 239 Å². The van der Waals surface area contributed by atoms with E-state index in [0.717, 1.165) is 0 Å². The molecule has 0 aromatic heterocycles. The molecule has 6 rings (SSSR count). The maximum atomic E-state index is 13.6. The van der Waals surface area contributed by atoms with E-state index < -0.39 is 291 Å². The van der Waals surface area contributed by atoms with Gasteiger partial charge in [0.05, 0.1) is 69.1 Å². The quantitative estimate of drug-likeness (QED) is 0.0133. The van der Waals surface area contributed by atoms with Gasteiger partial charge < -0.3 is 175 Å². The molecule has 44 nitrogen and oxygen atoms in total. The molecular formula is C64H117B6F11N4O40P6. The van der Waals surface area contributed by atoms with Crippen molar-refractivity contribution in [3.8, 4) is 0 Å². The highest BCUT2D eigenvalue weighted by atomic mass is 31.2. The van der Waals surface area contributed by atoms with Crippen LogP contribution in [-0.2, 0) is 122 Å². The predicted octanol–water partition coefficient (Wildman–Crippen LogP) is -2.19. The monoisotopic (exact) mass is 2040 g/mol. The Hall–Kier alpha value is -1.42. The fourth-order valence-corrected chi connectivity index (χ4v) is 15.4. The molecule has 0 aromatic carbocycles. The minimum Gasteiger partial charge on any atom is -0.396 e. The summed E-state index contributed by atoms with van der Waals surface area (Å²) in [6, 6.07) is -6.26. The highest BCUT2D eigenvalue weighted by Gasteiger charge is 2.59. The summed E-state index contributed by atoms with van der Waals surface area (Å²) in [6.07, 6.45) is -22.6. The number of ether oxygens (including phenoxy) is 18. The fourth-order valence-electron chi connectivity index (χ4n) is 12.7. The lowest BCUT2D eigenvalue weighted by atomic mass is 9.92. The molecule has 12 radical (unpaired) electrons. The molecule has 0 aromatic rings. The molecule has 3 unspecified atom stereocenters. The summed E-state index contributed by atoms with van der Waals surface area (Å²) in [5.41, 5.74) is -12.8. The zero-order chi connectivity index (χ0) is 101. The lowest BCUT2D eigenvalue weighted by Gasteiger charge is -2.25. The molecule has 27 atom stereocenters. The molecule has 0 aliphatic carbocycles. The summed E-state index contributed by atoms with van der Waals surface area (Å²) >= 11 is 0. The Kier molecular flexibility index (Phi) is 57.9. The van der Waals surface area contributed by atoms with Crippen molar-refractivity contribution in [3.05, 3.63) is 0 Å². The van der Waals surface area contributed by atoms with Crippen LogP contribution in [0.25, 0.3) is 0 Å². The van der Waals surface area contributed by atoms with E-state index in [2.05, 4.69) is 10.6 Å². The molecule has 6 saturated heterocycles. The number of halogens is 11. The predicted molar refractivity (Wildman–Crippen MR) is 438 cm³/mol. The molecule has 131 heavy (non-hydrogen) atoms. The Morgan fingerprint density at radius 3 is 0.740 bits per heavy atom. The van der Waals surface area contributed by atoms with Gasteiger partial charge in [-0.3, -0.25) is 37.0 Å². The van der Waals surface area contributed by atoms with Gasteiger partial charge in [0.15, 0.2) is 0 Å². The first-order valence-corrected chi connectivity index (χ1v) is 49.1. The van der Waals surface area contributed by atoms with Crippen LogP contribution in [0, 0.1) is 0 Å². The molecule has 6 fully saturated rings. The summed E-state index contributed by atoms with van der Waals surface area (Å²) in [5.74, 6) is -7.89. The maximum Gasteiger partial charge on any atom is 0.394 e. The van der Waals surface area contributed by atoms with Gasteiger partial charge in [0.25, 0.3) is 0 Å². The minimum absolute atomic E-state index is 0.0470. The smallest absolute Gasteiger partial charge is 0.394 e. The zero-order valence-corrected chi connectivity index (χ0v) is 78.1. The summed E-state index contributed by atoms with van der Waals surface area (Å²) < 4.78 is 303. The molecule has 758 valence electrons. The third-order valence-corrected chi connectivity index (χ3v) is 25.2. The number of alkyl halides is 11. The number of aliphatic hydroxyl groups is 2. The number of amides is 2. The number of methoxy groups -OCH3 is 6. The van der Waals surface area contributed by atoms with Crippen LogP contribution in [0.15, 0.2) is 0 Å². The van der Waals surface area contributed by atoms with Crippen LogP contribution in [0.4, 0.5) is 48.3 Å². The van der Waals surface area contributed by atoms with Gasteiger partial charge in [-0.1, -0.05) is 0 Å². The van der Waals surface area contributed by atoms with E-state index in [0.29, 0.717) is 39.0 Å². The second kappa shape index (κ2) is 59.5. The number of carbonyl (C=O) groups is 2. The van der Waals surface area contributed by atoms with Gasteiger partial charge in [-0.15, -0.1) is 0 Å².